The molecule has 1 amide bonds. The standard InChI is InChI=1S/C16H21FN4O5S/c1-21(2)15-13(16(22)18-7-8-19-27(4,23)24)14(26-20-15)10-5-6-11(17)12(9-10)25-3/h5-6,9,19H,7-8H2,1-4H3,(H,18,22). The van der Waals surface area contributed by atoms with Gasteiger partial charge < -0.3 is 19.5 Å². The number of halogens is 1. The van der Waals surface area contributed by atoms with Crippen molar-refractivity contribution in [3.05, 3.63) is 29.6 Å². The molecule has 0 spiro atoms. The zero-order chi connectivity index (χ0) is 20.2. The lowest BCUT2D eigenvalue weighted by Gasteiger charge is -2.11. The predicted octanol–water partition coefficient (Wildman–Crippen LogP) is 0.834. The molecule has 0 fully saturated rings. The van der Waals surface area contributed by atoms with E-state index in [-0.39, 0.29) is 36.0 Å². The van der Waals surface area contributed by atoms with E-state index in [4.69, 9.17) is 9.26 Å². The van der Waals surface area contributed by atoms with Crippen molar-refractivity contribution in [1.82, 2.24) is 15.2 Å². The van der Waals surface area contributed by atoms with Gasteiger partial charge in [0.1, 0.15) is 5.56 Å². The fraction of sp³-hybridized carbons (Fsp3) is 0.375. The van der Waals surface area contributed by atoms with Crippen LogP contribution in [0.1, 0.15) is 10.4 Å². The Kier molecular flexibility index (Phi) is 6.39. The molecule has 1 heterocycles. The Balaban J connectivity index is 2.31. The third kappa shape index (κ3) is 5.17. The van der Waals surface area contributed by atoms with E-state index in [1.807, 2.05) is 0 Å². The number of carbonyl (C=O) groups is 1. The van der Waals surface area contributed by atoms with Gasteiger partial charge in [0.2, 0.25) is 10.0 Å². The predicted molar refractivity (Wildman–Crippen MR) is 98.0 cm³/mol. The Morgan fingerprint density at radius 1 is 1.33 bits per heavy atom. The molecule has 27 heavy (non-hydrogen) atoms. The number of hydrogen-bond acceptors (Lipinski definition) is 7. The van der Waals surface area contributed by atoms with Crippen molar-refractivity contribution in [2.24, 2.45) is 0 Å². The quantitative estimate of drug-likeness (QED) is 0.631. The minimum absolute atomic E-state index is 0.000913. The first-order chi connectivity index (χ1) is 12.6. The summed E-state index contributed by atoms with van der Waals surface area (Å²) in [6, 6.07) is 4.04. The fourth-order valence-electron chi connectivity index (χ4n) is 2.29. The molecule has 11 heteroatoms. The Hall–Kier alpha value is -2.66. The Labute approximate surface area is 156 Å². The molecule has 0 aliphatic rings. The average molecular weight is 400 g/mol. The first kappa shape index (κ1) is 20.6. The highest BCUT2D eigenvalue weighted by Gasteiger charge is 2.26. The number of methoxy groups -OCH3 is 1. The fourth-order valence-corrected chi connectivity index (χ4v) is 2.76. The molecular weight excluding hydrogens is 379 g/mol. The van der Waals surface area contributed by atoms with Crippen LogP contribution in [-0.4, -0.2) is 60.0 Å². The van der Waals surface area contributed by atoms with Crippen molar-refractivity contribution in [3.63, 3.8) is 0 Å². The van der Waals surface area contributed by atoms with Gasteiger partial charge in [0.15, 0.2) is 23.1 Å². The van der Waals surface area contributed by atoms with Gasteiger partial charge in [-0.05, 0) is 18.2 Å². The summed E-state index contributed by atoms with van der Waals surface area (Å²) < 4.78 is 48.4. The van der Waals surface area contributed by atoms with Crippen LogP contribution in [0, 0.1) is 5.82 Å². The Morgan fingerprint density at radius 3 is 2.63 bits per heavy atom. The summed E-state index contributed by atoms with van der Waals surface area (Å²) in [5.41, 5.74) is 0.557. The second kappa shape index (κ2) is 8.35. The van der Waals surface area contributed by atoms with E-state index in [2.05, 4.69) is 15.2 Å². The molecule has 0 aliphatic carbocycles. The summed E-state index contributed by atoms with van der Waals surface area (Å²) in [6.07, 6.45) is 1.03. The van der Waals surface area contributed by atoms with E-state index in [0.29, 0.717) is 5.56 Å². The summed E-state index contributed by atoms with van der Waals surface area (Å²) in [5, 5.41) is 6.51. The van der Waals surface area contributed by atoms with Crippen LogP contribution in [-0.2, 0) is 10.0 Å². The number of sulfonamides is 1. The molecule has 0 atom stereocenters. The summed E-state index contributed by atoms with van der Waals surface area (Å²) in [4.78, 5) is 14.2. The van der Waals surface area contributed by atoms with Crippen LogP contribution >= 0.6 is 0 Å². The van der Waals surface area contributed by atoms with Gasteiger partial charge in [-0.2, -0.15) is 0 Å². The van der Waals surface area contributed by atoms with Gasteiger partial charge in [0, 0.05) is 32.7 Å². The van der Waals surface area contributed by atoms with Crippen molar-refractivity contribution < 1.29 is 26.9 Å². The zero-order valence-electron chi connectivity index (χ0n) is 15.4. The van der Waals surface area contributed by atoms with Crippen LogP contribution in [0.4, 0.5) is 10.2 Å². The zero-order valence-corrected chi connectivity index (χ0v) is 16.2. The maximum absolute atomic E-state index is 13.7. The van der Waals surface area contributed by atoms with Crippen LogP contribution in [0.5, 0.6) is 5.75 Å². The number of carbonyl (C=O) groups excluding carboxylic acids is 1. The number of aromatic nitrogens is 1. The lowest BCUT2D eigenvalue weighted by Crippen LogP contribution is -2.34. The molecule has 0 radical (unpaired) electrons. The van der Waals surface area contributed by atoms with Gasteiger partial charge in [-0.25, -0.2) is 17.5 Å². The van der Waals surface area contributed by atoms with Crippen LogP contribution in [0.3, 0.4) is 0 Å². The van der Waals surface area contributed by atoms with Crippen molar-refractivity contribution >= 4 is 21.7 Å². The third-order valence-corrected chi connectivity index (χ3v) is 4.24. The second-order valence-corrected chi connectivity index (χ2v) is 7.71. The summed E-state index contributed by atoms with van der Waals surface area (Å²) in [7, 11) is 1.36. The monoisotopic (exact) mass is 400 g/mol. The van der Waals surface area contributed by atoms with Gasteiger partial charge in [0.25, 0.3) is 5.91 Å². The molecule has 0 saturated carbocycles. The van der Waals surface area contributed by atoms with Crippen molar-refractivity contribution in [3.8, 4) is 17.1 Å². The lowest BCUT2D eigenvalue weighted by molar-refractivity contribution is 0.0955. The van der Waals surface area contributed by atoms with Crippen LogP contribution in [0.2, 0.25) is 0 Å². The summed E-state index contributed by atoms with van der Waals surface area (Å²) >= 11 is 0. The van der Waals surface area contributed by atoms with Crippen LogP contribution in [0.25, 0.3) is 11.3 Å². The van der Waals surface area contributed by atoms with Gasteiger partial charge in [-0.1, -0.05) is 5.16 Å². The Morgan fingerprint density at radius 2 is 2.04 bits per heavy atom. The lowest BCUT2D eigenvalue weighted by atomic mass is 10.1. The minimum Gasteiger partial charge on any atom is -0.494 e. The number of rotatable bonds is 8. The smallest absolute Gasteiger partial charge is 0.259 e. The van der Waals surface area contributed by atoms with Gasteiger partial charge in [-0.3, -0.25) is 4.79 Å². The van der Waals surface area contributed by atoms with E-state index in [1.54, 1.807) is 19.0 Å². The van der Waals surface area contributed by atoms with Gasteiger partial charge >= 0.3 is 0 Å². The number of benzene rings is 1. The maximum atomic E-state index is 13.7. The molecule has 1 aromatic carbocycles. The van der Waals surface area contributed by atoms with Crippen LogP contribution < -0.4 is 19.7 Å². The number of anilines is 1. The molecular formula is C16H21FN4O5S. The number of nitrogens with one attached hydrogen (secondary N) is 2. The van der Waals surface area contributed by atoms with E-state index in [1.165, 1.54) is 25.3 Å². The highest BCUT2D eigenvalue weighted by atomic mass is 32.2. The Bertz CT molecular complexity index is 927. The SMILES string of the molecule is COc1cc(-c2onc(N(C)C)c2C(=O)NCCNS(C)(=O)=O)ccc1F. The largest absolute Gasteiger partial charge is 0.494 e. The normalized spacial score (nSPS) is 11.3. The van der Waals surface area contributed by atoms with Crippen molar-refractivity contribution in [2.75, 3.05) is 45.5 Å². The molecule has 2 aromatic rings. The first-order valence-corrected chi connectivity index (χ1v) is 9.77. The molecule has 0 unspecified atom stereocenters. The molecule has 2 N–H and O–H groups in total. The molecule has 148 valence electrons. The molecule has 0 aliphatic heterocycles. The topological polar surface area (TPSA) is 114 Å². The number of hydrogen-bond donors (Lipinski definition) is 2. The maximum Gasteiger partial charge on any atom is 0.259 e. The molecule has 1 aromatic heterocycles. The first-order valence-electron chi connectivity index (χ1n) is 7.87. The van der Waals surface area contributed by atoms with E-state index in [0.717, 1.165) is 6.26 Å². The van der Waals surface area contributed by atoms with Gasteiger partial charge in [-0.15, -0.1) is 0 Å². The number of amides is 1. The summed E-state index contributed by atoms with van der Waals surface area (Å²) in [5.74, 6) is -0.633. The highest BCUT2D eigenvalue weighted by Crippen LogP contribution is 2.33. The number of ether oxygens (including phenoxy) is 1. The third-order valence-electron chi connectivity index (χ3n) is 3.51. The van der Waals surface area contributed by atoms with E-state index in [9.17, 15) is 17.6 Å². The van der Waals surface area contributed by atoms with Crippen molar-refractivity contribution in [2.45, 2.75) is 0 Å². The van der Waals surface area contributed by atoms with Crippen LogP contribution in [0.15, 0.2) is 22.7 Å². The molecule has 9 nitrogen and oxygen atoms in total. The highest BCUT2D eigenvalue weighted by molar-refractivity contribution is 7.88. The summed E-state index contributed by atoms with van der Waals surface area (Å²) in [6.45, 7) is 0.100. The molecule has 0 bridgehead atoms. The van der Waals surface area contributed by atoms with Gasteiger partial charge in [0.05, 0.1) is 13.4 Å². The van der Waals surface area contributed by atoms with E-state index >= 15 is 0 Å². The average Bonchev–Trinajstić information content (AvgIpc) is 3.03. The minimum atomic E-state index is -3.35. The molecule has 0 saturated heterocycles. The van der Waals surface area contributed by atoms with E-state index < -0.39 is 21.7 Å². The van der Waals surface area contributed by atoms with Crippen molar-refractivity contribution in [1.29, 1.82) is 0 Å². The number of nitrogens with zero attached hydrogens (tertiary/aromatic N) is 2. The second-order valence-electron chi connectivity index (χ2n) is 5.88. The molecule has 2 rings (SSSR count).